The molecule has 0 atom stereocenters. The fourth-order valence-corrected chi connectivity index (χ4v) is 3.34. The number of allylic oxidation sites excluding steroid dienone is 1. The third-order valence-corrected chi connectivity index (χ3v) is 5.06. The van der Waals surface area contributed by atoms with Crippen molar-refractivity contribution in [2.75, 3.05) is 0 Å². The maximum atomic E-state index is 4.14. The second-order valence-electron chi connectivity index (χ2n) is 6.88. The zero-order chi connectivity index (χ0) is 17.6. The molecule has 1 aliphatic carbocycles. The predicted molar refractivity (Wildman–Crippen MR) is 111 cm³/mol. The molecular formula is C25H23N. The SMILES string of the molecule is C(=C\c1cccnc1)/c1ccc(/C=C(/c2ccccc2)C2CCC2)cc1. The smallest absolute Gasteiger partial charge is 0.0340 e. The van der Waals surface area contributed by atoms with Crippen molar-refractivity contribution in [2.45, 2.75) is 19.3 Å². The summed E-state index contributed by atoms with van der Waals surface area (Å²) in [7, 11) is 0. The lowest BCUT2D eigenvalue weighted by Gasteiger charge is -2.28. The van der Waals surface area contributed by atoms with Gasteiger partial charge in [-0.25, -0.2) is 0 Å². The molecule has 0 aliphatic heterocycles. The van der Waals surface area contributed by atoms with Crippen LogP contribution >= 0.6 is 0 Å². The summed E-state index contributed by atoms with van der Waals surface area (Å²) in [5.74, 6) is 0.711. The molecule has 2 aromatic carbocycles. The van der Waals surface area contributed by atoms with Gasteiger partial charge in [0.05, 0.1) is 0 Å². The van der Waals surface area contributed by atoms with E-state index in [1.165, 1.54) is 41.5 Å². The van der Waals surface area contributed by atoms with Gasteiger partial charge in [0.25, 0.3) is 0 Å². The van der Waals surface area contributed by atoms with Crippen molar-refractivity contribution >= 4 is 23.8 Å². The van der Waals surface area contributed by atoms with E-state index < -0.39 is 0 Å². The number of rotatable bonds is 5. The van der Waals surface area contributed by atoms with Gasteiger partial charge in [-0.2, -0.15) is 0 Å². The number of pyridine rings is 1. The van der Waals surface area contributed by atoms with Gasteiger partial charge < -0.3 is 0 Å². The van der Waals surface area contributed by atoms with Gasteiger partial charge in [-0.3, -0.25) is 4.98 Å². The van der Waals surface area contributed by atoms with Crippen LogP contribution in [-0.2, 0) is 0 Å². The van der Waals surface area contributed by atoms with Crippen LogP contribution in [0.25, 0.3) is 23.8 Å². The minimum absolute atomic E-state index is 0.711. The Bertz CT molecular complexity index is 886. The van der Waals surface area contributed by atoms with E-state index in [0.717, 1.165) is 5.56 Å². The van der Waals surface area contributed by atoms with Crippen LogP contribution in [0.3, 0.4) is 0 Å². The highest BCUT2D eigenvalue weighted by Gasteiger charge is 2.22. The van der Waals surface area contributed by atoms with Crippen molar-refractivity contribution in [3.8, 4) is 0 Å². The van der Waals surface area contributed by atoms with E-state index in [4.69, 9.17) is 0 Å². The van der Waals surface area contributed by atoms with Gasteiger partial charge in [0.2, 0.25) is 0 Å². The molecule has 1 aliphatic rings. The van der Waals surface area contributed by atoms with Crippen LogP contribution in [-0.4, -0.2) is 4.98 Å². The van der Waals surface area contributed by atoms with Crippen molar-refractivity contribution in [3.05, 3.63) is 101 Å². The lowest BCUT2D eigenvalue weighted by Crippen LogP contribution is -2.12. The quantitative estimate of drug-likeness (QED) is 0.478. The second-order valence-corrected chi connectivity index (χ2v) is 6.88. The number of nitrogens with zero attached hydrogens (tertiary/aromatic N) is 1. The summed E-state index contributed by atoms with van der Waals surface area (Å²) in [5, 5.41) is 0. The first kappa shape index (κ1) is 16.5. The highest BCUT2D eigenvalue weighted by Crippen LogP contribution is 2.39. The third kappa shape index (κ3) is 4.00. The van der Waals surface area contributed by atoms with Crippen LogP contribution in [0.2, 0.25) is 0 Å². The van der Waals surface area contributed by atoms with Crippen LogP contribution in [0.4, 0.5) is 0 Å². The van der Waals surface area contributed by atoms with E-state index in [-0.39, 0.29) is 0 Å². The van der Waals surface area contributed by atoms with Crippen molar-refractivity contribution in [3.63, 3.8) is 0 Å². The molecule has 0 spiro atoms. The topological polar surface area (TPSA) is 12.9 Å². The molecule has 3 aromatic rings. The lowest BCUT2D eigenvalue weighted by molar-refractivity contribution is 0.401. The molecule has 1 saturated carbocycles. The highest BCUT2D eigenvalue weighted by molar-refractivity contribution is 5.83. The summed E-state index contributed by atoms with van der Waals surface area (Å²) in [6.07, 6.45) is 14.2. The maximum absolute atomic E-state index is 4.14. The summed E-state index contributed by atoms with van der Waals surface area (Å²) in [5.41, 5.74) is 6.44. The van der Waals surface area contributed by atoms with Gasteiger partial charge >= 0.3 is 0 Å². The molecule has 1 heteroatoms. The fourth-order valence-electron chi connectivity index (χ4n) is 3.34. The number of aromatic nitrogens is 1. The summed E-state index contributed by atoms with van der Waals surface area (Å²) in [6, 6.07) is 23.6. The van der Waals surface area contributed by atoms with Gasteiger partial charge in [0, 0.05) is 12.4 Å². The molecular weight excluding hydrogens is 314 g/mol. The molecule has 0 unspecified atom stereocenters. The fraction of sp³-hybridized carbons (Fsp3) is 0.160. The average Bonchev–Trinajstić information content (AvgIpc) is 2.67. The molecule has 1 aromatic heterocycles. The first-order chi connectivity index (χ1) is 12.9. The molecule has 1 fully saturated rings. The van der Waals surface area contributed by atoms with Gasteiger partial charge in [-0.15, -0.1) is 0 Å². The molecule has 0 amide bonds. The summed E-state index contributed by atoms with van der Waals surface area (Å²) in [6.45, 7) is 0. The Morgan fingerprint density at radius 1 is 0.769 bits per heavy atom. The molecule has 0 N–H and O–H groups in total. The van der Waals surface area contributed by atoms with Crippen molar-refractivity contribution in [1.82, 2.24) is 4.98 Å². The standard InChI is InChI=1S/C25H23N/c1-2-7-23(8-3-1)25(24-9-4-10-24)18-21-14-11-20(12-15-21)13-16-22-6-5-17-26-19-22/h1-3,5-8,11-19,24H,4,9-10H2/b16-13+,25-18-. The molecule has 0 radical (unpaired) electrons. The largest absolute Gasteiger partial charge is 0.264 e. The molecule has 1 nitrogen and oxygen atoms in total. The molecule has 128 valence electrons. The minimum Gasteiger partial charge on any atom is -0.264 e. The molecule has 4 rings (SSSR count). The van der Waals surface area contributed by atoms with Crippen molar-refractivity contribution in [1.29, 1.82) is 0 Å². The first-order valence-electron chi connectivity index (χ1n) is 9.34. The van der Waals surface area contributed by atoms with E-state index in [1.807, 2.05) is 12.3 Å². The Labute approximate surface area is 155 Å². The Morgan fingerprint density at radius 3 is 2.15 bits per heavy atom. The highest BCUT2D eigenvalue weighted by atomic mass is 14.6. The first-order valence-corrected chi connectivity index (χ1v) is 9.34. The van der Waals surface area contributed by atoms with Crippen LogP contribution in [0.15, 0.2) is 79.1 Å². The molecule has 1 heterocycles. The van der Waals surface area contributed by atoms with E-state index in [9.17, 15) is 0 Å². The Balaban J connectivity index is 1.55. The Morgan fingerprint density at radius 2 is 1.50 bits per heavy atom. The summed E-state index contributed by atoms with van der Waals surface area (Å²) >= 11 is 0. The van der Waals surface area contributed by atoms with Crippen LogP contribution in [0, 0.1) is 5.92 Å². The third-order valence-electron chi connectivity index (χ3n) is 5.06. The normalized spacial score (nSPS) is 15.2. The second kappa shape index (κ2) is 7.97. The monoisotopic (exact) mass is 337 g/mol. The van der Waals surface area contributed by atoms with E-state index >= 15 is 0 Å². The lowest BCUT2D eigenvalue weighted by atomic mass is 9.76. The van der Waals surface area contributed by atoms with Crippen LogP contribution in [0.5, 0.6) is 0 Å². The van der Waals surface area contributed by atoms with Gasteiger partial charge in [0.15, 0.2) is 0 Å². The molecule has 0 saturated heterocycles. The maximum Gasteiger partial charge on any atom is 0.0340 e. The van der Waals surface area contributed by atoms with Gasteiger partial charge in [0.1, 0.15) is 0 Å². The molecule has 0 bridgehead atoms. The average molecular weight is 337 g/mol. The van der Waals surface area contributed by atoms with E-state index in [2.05, 4.69) is 83.9 Å². The van der Waals surface area contributed by atoms with E-state index in [0.29, 0.717) is 5.92 Å². The van der Waals surface area contributed by atoms with Crippen LogP contribution < -0.4 is 0 Å². The molecule has 26 heavy (non-hydrogen) atoms. The van der Waals surface area contributed by atoms with Gasteiger partial charge in [-0.1, -0.05) is 85.3 Å². The number of hydrogen-bond donors (Lipinski definition) is 0. The van der Waals surface area contributed by atoms with Crippen LogP contribution in [0.1, 0.15) is 41.5 Å². The van der Waals surface area contributed by atoms with E-state index in [1.54, 1.807) is 6.20 Å². The number of benzene rings is 2. The predicted octanol–water partition coefficient (Wildman–Crippen LogP) is 6.59. The van der Waals surface area contributed by atoms with Crippen molar-refractivity contribution < 1.29 is 0 Å². The Kier molecular flexibility index (Phi) is 5.07. The number of hydrogen-bond acceptors (Lipinski definition) is 1. The zero-order valence-corrected chi connectivity index (χ0v) is 14.9. The summed E-state index contributed by atoms with van der Waals surface area (Å²) < 4.78 is 0. The van der Waals surface area contributed by atoms with Crippen molar-refractivity contribution in [2.24, 2.45) is 5.92 Å². The summed E-state index contributed by atoms with van der Waals surface area (Å²) in [4.78, 5) is 4.14. The van der Waals surface area contributed by atoms with Gasteiger partial charge in [-0.05, 0) is 52.7 Å². The minimum atomic E-state index is 0.711. The Hall–Kier alpha value is -2.93. The zero-order valence-electron chi connectivity index (χ0n) is 14.9.